The largest absolute Gasteiger partial charge is 0.376 e. The van der Waals surface area contributed by atoms with Gasteiger partial charge in [0.2, 0.25) is 0 Å². The van der Waals surface area contributed by atoms with E-state index in [4.69, 9.17) is 4.74 Å². The van der Waals surface area contributed by atoms with Crippen molar-refractivity contribution < 1.29 is 9.53 Å². The molecule has 3 nitrogen and oxygen atoms in total. The summed E-state index contributed by atoms with van der Waals surface area (Å²) in [5, 5.41) is 2.62. The van der Waals surface area contributed by atoms with Crippen LogP contribution in [0.3, 0.4) is 0 Å². The highest BCUT2D eigenvalue weighted by molar-refractivity contribution is 5.94. The summed E-state index contributed by atoms with van der Waals surface area (Å²) in [5.74, 6) is -0.0284. The third kappa shape index (κ3) is 1.63. The normalized spacial score (nSPS) is 14.6. The summed E-state index contributed by atoms with van der Waals surface area (Å²) in [6, 6.07) is 5.77. The van der Waals surface area contributed by atoms with Crippen LogP contribution in [0.1, 0.15) is 21.5 Å². The second-order valence-corrected chi connectivity index (χ2v) is 3.37. The minimum Gasteiger partial charge on any atom is -0.376 e. The van der Waals surface area contributed by atoms with Gasteiger partial charge in [-0.2, -0.15) is 0 Å². The minimum atomic E-state index is -0.0284. The van der Waals surface area contributed by atoms with Crippen molar-refractivity contribution in [2.24, 2.45) is 0 Å². The third-order valence-corrected chi connectivity index (χ3v) is 2.47. The highest BCUT2D eigenvalue weighted by atomic mass is 16.5. The SMILES string of the molecule is CNC(=O)c1ccc2c(c1)CCOC2. The topological polar surface area (TPSA) is 38.3 Å². The molecular weight excluding hydrogens is 178 g/mol. The van der Waals surface area contributed by atoms with E-state index in [1.54, 1.807) is 7.05 Å². The van der Waals surface area contributed by atoms with Crippen LogP contribution in [-0.4, -0.2) is 19.6 Å². The fraction of sp³-hybridized carbons (Fsp3) is 0.364. The predicted octanol–water partition coefficient (Wildman–Crippen LogP) is 1.12. The van der Waals surface area contributed by atoms with E-state index in [2.05, 4.69) is 5.32 Å². The Labute approximate surface area is 83.1 Å². The maximum absolute atomic E-state index is 11.4. The molecule has 74 valence electrons. The molecule has 1 aliphatic heterocycles. The van der Waals surface area contributed by atoms with Gasteiger partial charge in [0.25, 0.3) is 5.91 Å². The van der Waals surface area contributed by atoms with Crippen LogP contribution >= 0.6 is 0 Å². The maximum Gasteiger partial charge on any atom is 0.251 e. The highest BCUT2D eigenvalue weighted by Gasteiger charge is 2.11. The lowest BCUT2D eigenvalue weighted by Crippen LogP contribution is -2.19. The van der Waals surface area contributed by atoms with Crippen LogP contribution in [0.2, 0.25) is 0 Å². The summed E-state index contributed by atoms with van der Waals surface area (Å²) >= 11 is 0. The first kappa shape index (κ1) is 9.21. The zero-order valence-corrected chi connectivity index (χ0v) is 8.17. The van der Waals surface area contributed by atoms with Gasteiger partial charge in [0.1, 0.15) is 0 Å². The second-order valence-electron chi connectivity index (χ2n) is 3.37. The quantitative estimate of drug-likeness (QED) is 0.722. The van der Waals surface area contributed by atoms with Gasteiger partial charge in [0.05, 0.1) is 13.2 Å². The van der Waals surface area contributed by atoms with Gasteiger partial charge < -0.3 is 10.1 Å². The number of hydrogen-bond donors (Lipinski definition) is 1. The van der Waals surface area contributed by atoms with E-state index in [0.29, 0.717) is 6.61 Å². The van der Waals surface area contributed by atoms with E-state index >= 15 is 0 Å². The molecular formula is C11H13NO2. The van der Waals surface area contributed by atoms with Crippen molar-refractivity contribution >= 4 is 5.91 Å². The molecule has 0 fully saturated rings. The van der Waals surface area contributed by atoms with Crippen LogP contribution in [0.25, 0.3) is 0 Å². The molecule has 0 aliphatic carbocycles. The molecule has 0 aromatic heterocycles. The first-order valence-corrected chi connectivity index (χ1v) is 4.73. The maximum atomic E-state index is 11.4. The van der Waals surface area contributed by atoms with E-state index < -0.39 is 0 Å². The Balaban J connectivity index is 2.33. The van der Waals surface area contributed by atoms with Crippen molar-refractivity contribution in [3.8, 4) is 0 Å². The van der Waals surface area contributed by atoms with E-state index in [-0.39, 0.29) is 5.91 Å². The predicted molar refractivity (Wildman–Crippen MR) is 53.2 cm³/mol. The molecule has 1 aromatic carbocycles. The Morgan fingerprint density at radius 3 is 3.07 bits per heavy atom. The van der Waals surface area contributed by atoms with Crippen LogP contribution in [0.4, 0.5) is 0 Å². The summed E-state index contributed by atoms with van der Waals surface area (Å²) < 4.78 is 5.32. The first-order valence-electron chi connectivity index (χ1n) is 4.73. The second kappa shape index (κ2) is 3.80. The van der Waals surface area contributed by atoms with Crippen LogP contribution in [-0.2, 0) is 17.8 Å². The number of rotatable bonds is 1. The number of ether oxygens (including phenoxy) is 1. The molecule has 1 heterocycles. The Morgan fingerprint density at radius 1 is 1.43 bits per heavy atom. The molecule has 14 heavy (non-hydrogen) atoms. The van der Waals surface area contributed by atoms with Gasteiger partial charge >= 0.3 is 0 Å². The van der Waals surface area contributed by atoms with Crippen molar-refractivity contribution in [3.63, 3.8) is 0 Å². The summed E-state index contributed by atoms with van der Waals surface area (Å²) in [7, 11) is 1.64. The fourth-order valence-corrected chi connectivity index (χ4v) is 1.65. The standard InChI is InChI=1S/C11H13NO2/c1-12-11(13)9-2-3-10-7-14-5-4-8(10)6-9/h2-3,6H,4-5,7H2,1H3,(H,12,13). The summed E-state index contributed by atoms with van der Waals surface area (Å²) in [6.45, 7) is 1.42. The van der Waals surface area contributed by atoms with Gasteiger partial charge in [-0.25, -0.2) is 0 Å². The molecule has 0 atom stereocenters. The number of amides is 1. The third-order valence-electron chi connectivity index (χ3n) is 2.47. The first-order chi connectivity index (χ1) is 6.81. The molecule has 1 aliphatic rings. The summed E-state index contributed by atoms with van der Waals surface area (Å²) in [4.78, 5) is 11.4. The Hall–Kier alpha value is -1.35. The highest BCUT2D eigenvalue weighted by Crippen LogP contribution is 2.18. The van der Waals surface area contributed by atoms with Crippen molar-refractivity contribution in [3.05, 3.63) is 34.9 Å². The Kier molecular flexibility index (Phi) is 2.50. The van der Waals surface area contributed by atoms with E-state index in [1.165, 1.54) is 11.1 Å². The van der Waals surface area contributed by atoms with Crippen molar-refractivity contribution in [2.45, 2.75) is 13.0 Å². The van der Waals surface area contributed by atoms with Gasteiger partial charge in [0.15, 0.2) is 0 Å². The molecule has 2 rings (SSSR count). The zero-order chi connectivity index (χ0) is 9.97. The fourth-order valence-electron chi connectivity index (χ4n) is 1.65. The van der Waals surface area contributed by atoms with Crippen molar-refractivity contribution in [1.29, 1.82) is 0 Å². The van der Waals surface area contributed by atoms with E-state index in [0.717, 1.165) is 18.6 Å². The average molecular weight is 191 g/mol. The molecule has 1 aromatic rings. The van der Waals surface area contributed by atoms with Crippen molar-refractivity contribution in [1.82, 2.24) is 5.32 Å². The van der Waals surface area contributed by atoms with E-state index in [9.17, 15) is 4.79 Å². The molecule has 0 spiro atoms. The molecule has 0 unspecified atom stereocenters. The van der Waals surface area contributed by atoms with Crippen LogP contribution in [0.5, 0.6) is 0 Å². The van der Waals surface area contributed by atoms with Crippen molar-refractivity contribution in [2.75, 3.05) is 13.7 Å². The van der Waals surface area contributed by atoms with E-state index in [1.807, 2.05) is 18.2 Å². The van der Waals surface area contributed by atoms with Crippen LogP contribution in [0.15, 0.2) is 18.2 Å². The van der Waals surface area contributed by atoms with Gasteiger partial charge in [-0.05, 0) is 29.7 Å². The lowest BCUT2D eigenvalue weighted by molar-refractivity contribution is 0.0960. The molecule has 1 amide bonds. The lowest BCUT2D eigenvalue weighted by atomic mass is 10.00. The monoisotopic (exact) mass is 191 g/mol. The number of hydrogen-bond acceptors (Lipinski definition) is 2. The smallest absolute Gasteiger partial charge is 0.251 e. The number of carbonyl (C=O) groups is 1. The minimum absolute atomic E-state index is 0.0284. The summed E-state index contributed by atoms with van der Waals surface area (Å²) in [5.41, 5.74) is 3.16. The summed E-state index contributed by atoms with van der Waals surface area (Å²) in [6.07, 6.45) is 0.903. The Bertz CT molecular complexity index is 360. The molecule has 0 bridgehead atoms. The Morgan fingerprint density at radius 2 is 2.29 bits per heavy atom. The number of nitrogens with one attached hydrogen (secondary N) is 1. The van der Waals surface area contributed by atoms with Gasteiger partial charge in [-0.15, -0.1) is 0 Å². The van der Waals surface area contributed by atoms with Gasteiger partial charge in [-0.1, -0.05) is 6.07 Å². The van der Waals surface area contributed by atoms with Gasteiger partial charge in [0, 0.05) is 12.6 Å². The lowest BCUT2D eigenvalue weighted by Gasteiger charge is -2.16. The van der Waals surface area contributed by atoms with Gasteiger partial charge in [-0.3, -0.25) is 4.79 Å². The molecule has 0 saturated carbocycles. The number of benzene rings is 1. The average Bonchev–Trinajstić information content (AvgIpc) is 2.27. The molecule has 0 saturated heterocycles. The van der Waals surface area contributed by atoms with Crippen LogP contribution < -0.4 is 5.32 Å². The number of fused-ring (bicyclic) bond motifs is 1. The molecule has 0 radical (unpaired) electrons. The molecule has 3 heteroatoms. The zero-order valence-electron chi connectivity index (χ0n) is 8.17. The molecule has 1 N–H and O–H groups in total. The van der Waals surface area contributed by atoms with Crippen LogP contribution in [0, 0.1) is 0 Å². The number of carbonyl (C=O) groups excluding carboxylic acids is 1.